The average molecular weight is 309 g/mol. The first-order valence-corrected chi connectivity index (χ1v) is 7.88. The highest BCUT2D eigenvalue weighted by Gasteiger charge is 2.20. The second-order valence-corrected chi connectivity index (χ2v) is 5.74. The maximum absolute atomic E-state index is 11.7. The summed E-state index contributed by atoms with van der Waals surface area (Å²) in [6.07, 6.45) is 5.42. The van der Waals surface area contributed by atoms with Crippen LogP contribution >= 0.6 is 23.1 Å². The van der Waals surface area contributed by atoms with Crippen molar-refractivity contribution in [2.45, 2.75) is 11.4 Å². The fraction of sp³-hybridized carbons (Fsp3) is 0.231. The molecular formula is C13H15N3O2S2. The molecule has 0 atom stereocenters. The number of thioether (sulfide) groups is 1. The lowest BCUT2D eigenvalue weighted by Gasteiger charge is -2.06. The van der Waals surface area contributed by atoms with Crippen LogP contribution in [-0.4, -0.2) is 24.3 Å². The second kappa shape index (κ2) is 6.62. The van der Waals surface area contributed by atoms with Crippen LogP contribution in [0.4, 0.5) is 10.7 Å². The highest BCUT2D eigenvalue weighted by Crippen LogP contribution is 2.42. The van der Waals surface area contributed by atoms with Gasteiger partial charge in [-0.2, -0.15) is 0 Å². The van der Waals surface area contributed by atoms with Gasteiger partial charge in [-0.15, -0.1) is 23.1 Å². The summed E-state index contributed by atoms with van der Waals surface area (Å²) in [6.45, 7) is 0.649. The van der Waals surface area contributed by atoms with Crippen LogP contribution in [0.3, 0.4) is 0 Å². The normalized spacial score (nSPS) is 10.3. The standard InChI is InChI=1S/C13H15N3O2S2/c1-18-13(17)11-9(14)10(19-2)12(20-11)16-7-8-3-5-15-6-4-8/h3-6,16H,7,14H2,1-2H3. The van der Waals surface area contributed by atoms with Crippen molar-refractivity contribution in [3.05, 3.63) is 35.0 Å². The van der Waals surface area contributed by atoms with E-state index in [0.29, 0.717) is 17.1 Å². The second-order valence-electron chi connectivity index (χ2n) is 3.91. The molecule has 3 N–H and O–H groups in total. The van der Waals surface area contributed by atoms with Gasteiger partial charge >= 0.3 is 5.97 Å². The van der Waals surface area contributed by atoms with E-state index < -0.39 is 5.97 Å². The number of nitrogens with zero attached hydrogens (tertiary/aromatic N) is 1. The molecule has 0 amide bonds. The lowest BCUT2D eigenvalue weighted by molar-refractivity contribution is 0.0607. The summed E-state index contributed by atoms with van der Waals surface area (Å²) in [5.74, 6) is -0.403. The van der Waals surface area contributed by atoms with Crippen LogP contribution in [0.5, 0.6) is 0 Å². The molecule has 0 saturated carbocycles. The van der Waals surface area contributed by atoms with E-state index in [9.17, 15) is 4.79 Å². The number of carbonyl (C=O) groups is 1. The number of nitrogens with one attached hydrogen (secondary N) is 1. The van der Waals surface area contributed by atoms with Gasteiger partial charge in [-0.3, -0.25) is 4.98 Å². The molecule has 0 radical (unpaired) electrons. The lowest BCUT2D eigenvalue weighted by atomic mass is 10.3. The molecule has 7 heteroatoms. The van der Waals surface area contributed by atoms with E-state index in [2.05, 4.69) is 10.3 Å². The number of carbonyl (C=O) groups excluding carboxylic acids is 1. The monoisotopic (exact) mass is 309 g/mol. The predicted molar refractivity (Wildman–Crippen MR) is 83.4 cm³/mol. The maximum Gasteiger partial charge on any atom is 0.350 e. The Morgan fingerprint density at radius 2 is 2.20 bits per heavy atom. The van der Waals surface area contributed by atoms with Crippen molar-refractivity contribution in [2.24, 2.45) is 0 Å². The Kier molecular flexibility index (Phi) is 4.86. The Hall–Kier alpha value is -1.73. The highest BCUT2D eigenvalue weighted by molar-refractivity contribution is 7.99. The number of esters is 1. The largest absolute Gasteiger partial charge is 0.465 e. The summed E-state index contributed by atoms with van der Waals surface area (Å²) in [7, 11) is 1.35. The average Bonchev–Trinajstić information content (AvgIpc) is 2.81. The number of thiophene rings is 1. The van der Waals surface area contributed by atoms with Gasteiger partial charge in [-0.25, -0.2) is 4.79 Å². The summed E-state index contributed by atoms with van der Waals surface area (Å²) in [5.41, 5.74) is 7.59. The van der Waals surface area contributed by atoms with Gasteiger partial charge in [0.2, 0.25) is 0 Å². The van der Waals surface area contributed by atoms with Gasteiger partial charge in [-0.05, 0) is 24.0 Å². The number of ether oxygens (including phenoxy) is 1. The van der Waals surface area contributed by atoms with E-state index in [1.165, 1.54) is 30.2 Å². The minimum atomic E-state index is -0.403. The van der Waals surface area contributed by atoms with Crippen LogP contribution in [0.2, 0.25) is 0 Å². The topological polar surface area (TPSA) is 77.2 Å². The summed E-state index contributed by atoms with van der Waals surface area (Å²) >= 11 is 2.82. The van der Waals surface area contributed by atoms with Crippen LogP contribution in [0.1, 0.15) is 15.2 Å². The lowest BCUT2D eigenvalue weighted by Crippen LogP contribution is -2.01. The molecule has 0 aromatic carbocycles. The molecule has 106 valence electrons. The summed E-state index contributed by atoms with van der Waals surface area (Å²) in [4.78, 5) is 16.9. The van der Waals surface area contributed by atoms with Gasteiger partial charge in [-0.1, -0.05) is 0 Å². The van der Waals surface area contributed by atoms with Gasteiger partial charge in [0.15, 0.2) is 0 Å². The number of methoxy groups -OCH3 is 1. The van der Waals surface area contributed by atoms with E-state index >= 15 is 0 Å². The van der Waals surface area contributed by atoms with E-state index in [-0.39, 0.29) is 0 Å². The van der Waals surface area contributed by atoms with E-state index in [4.69, 9.17) is 10.5 Å². The van der Waals surface area contributed by atoms with Gasteiger partial charge in [0.25, 0.3) is 0 Å². The Morgan fingerprint density at radius 3 is 2.80 bits per heavy atom. The van der Waals surface area contributed by atoms with E-state index in [1.807, 2.05) is 18.4 Å². The van der Waals surface area contributed by atoms with E-state index in [0.717, 1.165) is 15.5 Å². The minimum absolute atomic E-state index is 0.403. The number of nitrogen functional groups attached to an aromatic ring is 1. The number of pyridine rings is 1. The predicted octanol–water partition coefficient (Wildman–Crippen LogP) is 2.85. The zero-order valence-electron chi connectivity index (χ0n) is 11.2. The number of hydrogen-bond acceptors (Lipinski definition) is 7. The number of aromatic nitrogens is 1. The van der Waals surface area contributed by atoms with Crippen molar-refractivity contribution in [3.63, 3.8) is 0 Å². The van der Waals surface area contributed by atoms with Gasteiger partial charge in [0.05, 0.1) is 17.7 Å². The van der Waals surface area contributed by atoms with Crippen molar-refractivity contribution < 1.29 is 9.53 Å². The molecule has 0 aliphatic carbocycles. The molecule has 0 aliphatic heterocycles. The fourth-order valence-corrected chi connectivity index (χ4v) is 3.62. The first-order chi connectivity index (χ1) is 9.67. The van der Waals surface area contributed by atoms with Crippen LogP contribution in [0.25, 0.3) is 0 Å². The minimum Gasteiger partial charge on any atom is -0.465 e. The number of rotatable bonds is 5. The first kappa shape index (κ1) is 14.7. The van der Waals surface area contributed by atoms with Crippen LogP contribution < -0.4 is 11.1 Å². The Morgan fingerprint density at radius 1 is 1.50 bits per heavy atom. The molecule has 0 bridgehead atoms. The van der Waals surface area contributed by atoms with E-state index in [1.54, 1.807) is 12.4 Å². The third-order valence-corrected chi connectivity index (χ3v) is 4.78. The smallest absolute Gasteiger partial charge is 0.350 e. The molecule has 0 fully saturated rings. The molecule has 0 aliphatic rings. The van der Waals surface area contributed by atoms with Crippen molar-refractivity contribution in [3.8, 4) is 0 Å². The molecule has 5 nitrogen and oxygen atoms in total. The van der Waals surface area contributed by atoms with Gasteiger partial charge < -0.3 is 15.8 Å². The third kappa shape index (κ3) is 3.05. The molecule has 2 rings (SSSR count). The zero-order chi connectivity index (χ0) is 14.5. The molecule has 2 heterocycles. The van der Waals surface area contributed by atoms with Crippen LogP contribution in [0, 0.1) is 0 Å². The van der Waals surface area contributed by atoms with Crippen molar-refractivity contribution in [2.75, 3.05) is 24.4 Å². The fourth-order valence-electron chi connectivity index (χ4n) is 1.68. The molecule has 0 spiro atoms. The maximum atomic E-state index is 11.7. The summed E-state index contributed by atoms with van der Waals surface area (Å²) in [6, 6.07) is 3.87. The van der Waals surface area contributed by atoms with Gasteiger partial charge in [0.1, 0.15) is 9.88 Å². The van der Waals surface area contributed by atoms with Crippen molar-refractivity contribution >= 4 is 39.8 Å². The summed E-state index contributed by atoms with van der Waals surface area (Å²) < 4.78 is 4.74. The van der Waals surface area contributed by atoms with Crippen molar-refractivity contribution in [1.29, 1.82) is 0 Å². The highest BCUT2D eigenvalue weighted by atomic mass is 32.2. The molecule has 2 aromatic rings. The van der Waals surface area contributed by atoms with Crippen LogP contribution in [0.15, 0.2) is 29.4 Å². The third-order valence-electron chi connectivity index (χ3n) is 2.68. The molecule has 0 unspecified atom stereocenters. The Balaban J connectivity index is 2.21. The SMILES string of the molecule is COC(=O)c1sc(NCc2ccncc2)c(SC)c1N. The Labute approximate surface area is 125 Å². The zero-order valence-corrected chi connectivity index (χ0v) is 12.8. The molecular weight excluding hydrogens is 294 g/mol. The first-order valence-electron chi connectivity index (χ1n) is 5.84. The quantitative estimate of drug-likeness (QED) is 0.653. The molecule has 20 heavy (non-hydrogen) atoms. The van der Waals surface area contributed by atoms with Crippen LogP contribution in [-0.2, 0) is 11.3 Å². The van der Waals surface area contributed by atoms with Gasteiger partial charge in [0, 0.05) is 18.9 Å². The number of hydrogen-bond donors (Lipinski definition) is 2. The Bertz CT molecular complexity index is 599. The molecule has 2 aromatic heterocycles. The summed E-state index contributed by atoms with van der Waals surface area (Å²) in [5, 5.41) is 4.18. The molecule has 0 saturated heterocycles. The van der Waals surface area contributed by atoms with Crippen molar-refractivity contribution in [1.82, 2.24) is 4.98 Å². The number of nitrogens with two attached hydrogens (primary N) is 1. The number of anilines is 2.